The Morgan fingerprint density at radius 3 is 2.56 bits per heavy atom. The molecule has 1 amide bonds. The van der Waals surface area contributed by atoms with E-state index in [9.17, 15) is 9.59 Å². The summed E-state index contributed by atoms with van der Waals surface area (Å²) in [6.07, 6.45) is 1.26. The van der Waals surface area contributed by atoms with Crippen LogP contribution in [0, 0.1) is 6.92 Å². The maximum atomic E-state index is 11.9. The number of anilines is 1. The lowest BCUT2D eigenvalue weighted by Crippen LogP contribution is -2.14. The van der Waals surface area contributed by atoms with Crippen LogP contribution in [0.5, 0.6) is 0 Å². The number of amides is 1. The van der Waals surface area contributed by atoms with Crippen molar-refractivity contribution >= 4 is 17.6 Å². The number of hydrogen-bond donors (Lipinski definition) is 3. The number of H-pyrrole nitrogens is 1. The molecule has 1 aromatic heterocycles. The van der Waals surface area contributed by atoms with Crippen LogP contribution >= 0.6 is 0 Å². The molecule has 18 heavy (non-hydrogen) atoms. The van der Waals surface area contributed by atoms with E-state index in [0.29, 0.717) is 5.56 Å². The Kier molecular flexibility index (Phi) is 3.09. The number of nitrogens with zero attached hydrogens (tertiary/aromatic N) is 1. The highest BCUT2D eigenvalue weighted by molar-refractivity contribution is 6.07. The monoisotopic (exact) mass is 245 g/mol. The highest BCUT2D eigenvalue weighted by Gasteiger charge is 2.15. The molecule has 2 aromatic rings. The van der Waals surface area contributed by atoms with Crippen LogP contribution in [0.15, 0.2) is 30.5 Å². The number of carboxylic acid groups (broad SMARTS) is 1. The summed E-state index contributed by atoms with van der Waals surface area (Å²) in [6.45, 7) is 1.92. The number of aromatic nitrogens is 2. The van der Waals surface area contributed by atoms with Crippen LogP contribution in [-0.4, -0.2) is 27.2 Å². The molecular formula is C12H11N3O3. The molecule has 0 saturated carbocycles. The normalized spacial score (nSPS) is 10.1. The van der Waals surface area contributed by atoms with E-state index in [-0.39, 0.29) is 17.3 Å². The van der Waals surface area contributed by atoms with Crippen LogP contribution in [0.2, 0.25) is 0 Å². The fraction of sp³-hybridized carbons (Fsp3) is 0.0833. The first-order chi connectivity index (χ1) is 8.58. The minimum absolute atomic E-state index is 0.143. The fourth-order valence-corrected chi connectivity index (χ4v) is 1.44. The van der Waals surface area contributed by atoms with Gasteiger partial charge in [0.15, 0.2) is 5.69 Å². The Morgan fingerprint density at radius 2 is 1.94 bits per heavy atom. The molecule has 0 saturated heterocycles. The van der Waals surface area contributed by atoms with Crippen molar-refractivity contribution in [2.75, 3.05) is 5.32 Å². The first kappa shape index (κ1) is 11.8. The highest BCUT2D eigenvalue weighted by atomic mass is 16.4. The Morgan fingerprint density at radius 1 is 1.28 bits per heavy atom. The molecule has 92 valence electrons. The van der Waals surface area contributed by atoms with Gasteiger partial charge in [0.25, 0.3) is 5.91 Å². The predicted molar refractivity (Wildman–Crippen MR) is 64.7 cm³/mol. The Labute approximate surface area is 103 Å². The molecule has 1 heterocycles. The van der Waals surface area contributed by atoms with Crippen LogP contribution in [0.25, 0.3) is 0 Å². The standard InChI is InChI=1S/C12H11N3O3/c1-7-2-4-8(5-3-7)11(16)14-9-6-13-15-10(9)12(17)18/h2-6H,1H3,(H,13,15)(H,14,16)(H,17,18). The second-order valence-corrected chi connectivity index (χ2v) is 3.78. The van der Waals surface area contributed by atoms with Gasteiger partial charge in [-0.25, -0.2) is 4.79 Å². The van der Waals surface area contributed by atoms with Crippen LogP contribution in [-0.2, 0) is 0 Å². The van der Waals surface area contributed by atoms with E-state index in [2.05, 4.69) is 15.5 Å². The second kappa shape index (κ2) is 4.70. The summed E-state index contributed by atoms with van der Waals surface area (Å²) in [5, 5.41) is 17.2. The van der Waals surface area contributed by atoms with Gasteiger partial charge in [-0.05, 0) is 19.1 Å². The van der Waals surface area contributed by atoms with Crippen molar-refractivity contribution in [2.24, 2.45) is 0 Å². The minimum Gasteiger partial charge on any atom is -0.476 e. The molecule has 6 nitrogen and oxygen atoms in total. The first-order valence-corrected chi connectivity index (χ1v) is 5.22. The Bertz CT molecular complexity index is 587. The summed E-state index contributed by atoms with van der Waals surface area (Å²) in [5.41, 5.74) is 1.50. The number of carbonyl (C=O) groups excluding carboxylic acids is 1. The summed E-state index contributed by atoms with van der Waals surface area (Å²) in [5.74, 6) is -1.55. The van der Waals surface area contributed by atoms with E-state index >= 15 is 0 Å². The number of hydrogen-bond acceptors (Lipinski definition) is 3. The van der Waals surface area contributed by atoms with Crippen molar-refractivity contribution in [1.29, 1.82) is 0 Å². The summed E-state index contributed by atoms with van der Waals surface area (Å²) in [4.78, 5) is 22.7. The van der Waals surface area contributed by atoms with Crippen LogP contribution < -0.4 is 5.32 Å². The highest BCUT2D eigenvalue weighted by Crippen LogP contribution is 2.13. The molecule has 3 N–H and O–H groups in total. The Hall–Kier alpha value is -2.63. The molecule has 0 atom stereocenters. The van der Waals surface area contributed by atoms with Gasteiger partial charge in [0.1, 0.15) is 0 Å². The minimum atomic E-state index is -1.17. The predicted octanol–water partition coefficient (Wildman–Crippen LogP) is 1.67. The van der Waals surface area contributed by atoms with Crippen LogP contribution in [0.4, 0.5) is 5.69 Å². The number of nitrogens with one attached hydrogen (secondary N) is 2. The summed E-state index contributed by atoms with van der Waals surface area (Å²) >= 11 is 0. The number of carbonyl (C=O) groups is 2. The number of rotatable bonds is 3. The van der Waals surface area contributed by atoms with Crippen LogP contribution in [0.3, 0.4) is 0 Å². The quantitative estimate of drug-likeness (QED) is 0.766. The van der Waals surface area contributed by atoms with Crippen molar-refractivity contribution in [3.8, 4) is 0 Å². The largest absolute Gasteiger partial charge is 0.476 e. The zero-order chi connectivity index (χ0) is 13.1. The number of aromatic amines is 1. The average Bonchev–Trinajstić information content (AvgIpc) is 2.78. The van der Waals surface area contributed by atoms with E-state index in [1.807, 2.05) is 19.1 Å². The van der Waals surface area contributed by atoms with E-state index in [4.69, 9.17) is 5.11 Å². The van der Waals surface area contributed by atoms with E-state index in [1.54, 1.807) is 12.1 Å². The molecule has 0 unspecified atom stereocenters. The molecule has 0 bridgehead atoms. The van der Waals surface area contributed by atoms with E-state index in [1.165, 1.54) is 6.20 Å². The molecule has 1 aromatic carbocycles. The smallest absolute Gasteiger partial charge is 0.356 e. The molecule has 0 fully saturated rings. The van der Waals surface area contributed by atoms with Crippen molar-refractivity contribution in [3.05, 3.63) is 47.3 Å². The summed E-state index contributed by atoms with van der Waals surface area (Å²) < 4.78 is 0. The van der Waals surface area contributed by atoms with Gasteiger partial charge in [-0.2, -0.15) is 5.10 Å². The maximum absolute atomic E-state index is 11.9. The number of aromatic carboxylic acids is 1. The first-order valence-electron chi connectivity index (χ1n) is 5.22. The summed E-state index contributed by atoms with van der Waals surface area (Å²) in [7, 11) is 0. The van der Waals surface area contributed by atoms with Gasteiger partial charge in [0.05, 0.1) is 11.9 Å². The van der Waals surface area contributed by atoms with Crippen molar-refractivity contribution in [1.82, 2.24) is 10.2 Å². The lowest BCUT2D eigenvalue weighted by atomic mass is 10.1. The zero-order valence-electron chi connectivity index (χ0n) is 9.60. The lowest BCUT2D eigenvalue weighted by Gasteiger charge is -2.04. The van der Waals surface area contributed by atoms with Crippen LogP contribution in [0.1, 0.15) is 26.4 Å². The number of aryl methyl sites for hydroxylation is 1. The Balaban J connectivity index is 2.19. The second-order valence-electron chi connectivity index (χ2n) is 3.78. The zero-order valence-corrected chi connectivity index (χ0v) is 9.60. The van der Waals surface area contributed by atoms with Gasteiger partial charge in [-0.15, -0.1) is 0 Å². The molecular weight excluding hydrogens is 234 g/mol. The number of carboxylic acids is 1. The third-order valence-corrected chi connectivity index (χ3v) is 2.42. The molecule has 0 radical (unpaired) electrons. The average molecular weight is 245 g/mol. The molecule has 0 aliphatic heterocycles. The molecule has 2 rings (SSSR count). The molecule has 6 heteroatoms. The number of benzene rings is 1. The maximum Gasteiger partial charge on any atom is 0.356 e. The van der Waals surface area contributed by atoms with Gasteiger partial charge in [0, 0.05) is 5.56 Å². The van der Waals surface area contributed by atoms with E-state index in [0.717, 1.165) is 5.56 Å². The van der Waals surface area contributed by atoms with Crippen molar-refractivity contribution < 1.29 is 14.7 Å². The van der Waals surface area contributed by atoms with Gasteiger partial charge >= 0.3 is 5.97 Å². The van der Waals surface area contributed by atoms with Crippen molar-refractivity contribution in [3.63, 3.8) is 0 Å². The van der Waals surface area contributed by atoms with Gasteiger partial charge < -0.3 is 10.4 Å². The molecule has 0 aliphatic rings. The van der Waals surface area contributed by atoms with Gasteiger partial charge in [-0.1, -0.05) is 17.7 Å². The lowest BCUT2D eigenvalue weighted by molar-refractivity contribution is 0.0691. The van der Waals surface area contributed by atoms with Gasteiger partial charge in [0.2, 0.25) is 0 Å². The van der Waals surface area contributed by atoms with E-state index < -0.39 is 5.97 Å². The molecule has 0 spiro atoms. The topological polar surface area (TPSA) is 95.1 Å². The SMILES string of the molecule is Cc1ccc(C(=O)Nc2cn[nH]c2C(=O)O)cc1. The molecule has 0 aliphatic carbocycles. The third-order valence-electron chi connectivity index (χ3n) is 2.42. The third kappa shape index (κ3) is 2.37. The van der Waals surface area contributed by atoms with Crippen molar-refractivity contribution in [2.45, 2.75) is 6.92 Å². The summed E-state index contributed by atoms with van der Waals surface area (Å²) in [6, 6.07) is 6.96. The fourth-order valence-electron chi connectivity index (χ4n) is 1.44. The van der Waals surface area contributed by atoms with Gasteiger partial charge in [-0.3, -0.25) is 9.89 Å².